The first-order valence-electron chi connectivity index (χ1n) is 5.36. The van der Waals surface area contributed by atoms with Gasteiger partial charge in [-0.1, -0.05) is 28.1 Å². The standard InChI is InChI=1S/C13H10BrNO4/c1-18-12-4-2-3-5-13(12)19-11-7-6-9(14)8-10(11)15(16)17/h2-8H,1H3. The largest absolute Gasteiger partial charge is 0.493 e. The number of para-hydroxylation sites is 2. The molecule has 0 N–H and O–H groups in total. The number of nitro groups is 1. The van der Waals surface area contributed by atoms with Crippen molar-refractivity contribution in [3.63, 3.8) is 0 Å². The van der Waals surface area contributed by atoms with Gasteiger partial charge in [-0.3, -0.25) is 10.1 Å². The molecule has 0 fully saturated rings. The molecule has 0 saturated carbocycles. The predicted molar refractivity (Wildman–Crippen MR) is 73.9 cm³/mol. The molecular weight excluding hydrogens is 314 g/mol. The van der Waals surface area contributed by atoms with Crippen molar-refractivity contribution >= 4 is 21.6 Å². The molecule has 0 amide bonds. The van der Waals surface area contributed by atoms with Gasteiger partial charge in [-0.05, 0) is 24.3 Å². The van der Waals surface area contributed by atoms with E-state index in [9.17, 15) is 10.1 Å². The number of ether oxygens (including phenoxy) is 2. The summed E-state index contributed by atoms with van der Waals surface area (Å²) in [5, 5.41) is 11.0. The molecule has 0 heterocycles. The van der Waals surface area contributed by atoms with Crippen molar-refractivity contribution in [2.24, 2.45) is 0 Å². The fourth-order valence-corrected chi connectivity index (χ4v) is 1.89. The third-order valence-electron chi connectivity index (χ3n) is 2.41. The van der Waals surface area contributed by atoms with Crippen molar-refractivity contribution in [1.82, 2.24) is 0 Å². The summed E-state index contributed by atoms with van der Waals surface area (Å²) >= 11 is 3.19. The number of halogens is 1. The zero-order valence-corrected chi connectivity index (χ0v) is 11.6. The molecule has 98 valence electrons. The summed E-state index contributed by atoms with van der Waals surface area (Å²) in [6.07, 6.45) is 0. The van der Waals surface area contributed by atoms with Gasteiger partial charge in [0.25, 0.3) is 0 Å². The Morgan fingerprint density at radius 1 is 1.11 bits per heavy atom. The zero-order chi connectivity index (χ0) is 13.8. The van der Waals surface area contributed by atoms with Crippen molar-refractivity contribution in [1.29, 1.82) is 0 Å². The van der Waals surface area contributed by atoms with E-state index in [4.69, 9.17) is 9.47 Å². The maximum atomic E-state index is 11.0. The lowest BCUT2D eigenvalue weighted by Gasteiger charge is -2.10. The van der Waals surface area contributed by atoms with Crippen LogP contribution in [0.3, 0.4) is 0 Å². The minimum atomic E-state index is -0.491. The molecule has 0 unspecified atom stereocenters. The molecule has 0 saturated heterocycles. The molecule has 0 aliphatic rings. The number of nitrogens with zero attached hydrogens (tertiary/aromatic N) is 1. The van der Waals surface area contributed by atoms with E-state index in [1.807, 2.05) is 0 Å². The molecular formula is C13H10BrNO4. The Balaban J connectivity index is 2.41. The Hall–Kier alpha value is -2.08. The van der Waals surface area contributed by atoms with Gasteiger partial charge in [0.15, 0.2) is 11.5 Å². The lowest BCUT2D eigenvalue weighted by Crippen LogP contribution is -1.95. The average Bonchev–Trinajstić information content (AvgIpc) is 2.41. The molecule has 0 aliphatic carbocycles. The van der Waals surface area contributed by atoms with Gasteiger partial charge in [-0.2, -0.15) is 0 Å². The second kappa shape index (κ2) is 5.71. The SMILES string of the molecule is COc1ccccc1Oc1ccc(Br)cc1[N+](=O)[O-]. The molecule has 0 atom stereocenters. The molecule has 0 spiro atoms. The minimum Gasteiger partial charge on any atom is -0.493 e. The van der Waals surface area contributed by atoms with E-state index >= 15 is 0 Å². The second-order valence-corrected chi connectivity index (χ2v) is 4.54. The van der Waals surface area contributed by atoms with Crippen LogP contribution in [0.1, 0.15) is 0 Å². The lowest BCUT2D eigenvalue weighted by molar-refractivity contribution is -0.385. The van der Waals surface area contributed by atoms with Crippen molar-refractivity contribution in [3.8, 4) is 17.2 Å². The van der Waals surface area contributed by atoms with Crippen LogP contribution in [0.15, 0.2) is 46.9 Å². The molecule has 0 radical (unpaired) electrons. The summed E-state index contributed by atoms with van der Waals surface area (Å²) in [5.74, 6) is 1.10. The Bertz CT molecular complexity index is 615. The van der Waals surface area contributed by atoms with Crippen LogP contribution in [0.2, 0.25) is 0 Å². The highest BCUT2D eigenvalue weighted by atomic mass is 79.9. The van der Waals surface area contributed by atoms with Crippen LogP contribution in [-0.2, 0) is 0 Å². The van der Waals surface area contributed by atoms with Crippen LogP contribution < -0.4 is 9.47 Å². The monoisotopic (exact) mass is 323 g/mol. The van der Waals surface area contributed by atoms with Gasteiger partial charge in [0.1, 0.15) is 0 Å². The predicted octanol–water partition coefficient (Wildman–Crippen LogP) is 4.16. The van der Waals surface area contributed by atoms with Gasteiger partial charge in [0.05, 0.1) is 12.0 Å². The first-order chi connectivity index (χ1) is 9.11. The van der Waals surface area contributed by atoms with E-state index in [0.717, 1.165) is 0 Å². The maximum absolute atomic E-state index is 11.0. The zero-order valence-electron chi connectivity index (χ0n) is 10.00. The van der Waals surface area contributed by atoms with Gasteiger partial charge in [-0.15, -0.1) is 0 Å². The number of rotatable bonds is 4. The molecule has 0 aliphatic heterocycles. The van der Waals surface area contributed by atoms with E-state index in [1.54, 1.807) is 30.3 Å². The summed E-state index contributed by atoms with van der Waals surface area (Å²) in [7, 11) is 1.51. The highest BCUT2D eigenvalue weighted by molar-refractivity contribution is 9.10. The average molecular weight is 324 g/mol. The summed E-state index contributed by atoms with van der Waals surface area (Å²) in [4.78, 5) is 10.5. The number of benzene rings is 2. The van der Waals surface area contributed by atoms with Crippen LogP contribution in [0.5, 0.6) is 17.2 Å². The van der Waals surface area contributed by atoms with Crippen LogP contribution in [0.4, 0.5) is 5.69 Å². The summed E-state index contributed by atoms with van der Waals surface area (Å²) < 4.78 is 11.3. The lowest BCUT2D eigenvalue weighted by atomic mass is 10.3. The van der Waals surface area contributed by atoms with E-state index in [1.165, 1.54) is 19.2 Å². The van der Waals surface area contributed by atoms with Gasteiger partial charge < -0.3 is 9.47 Å². The summed E-state index contributed by atoms with van der Waals surface area (Å²) in [5.41, 5.74) is -0.111. The fourth-order valence-electron chi connectivity index (χ4n) is 1.54. The van der Waals surface area contributed by atoms with Gasteiger partial charge in [0, 0.05) is 10.5 Å². The Morgan fingerprint density at radius 3 is 2.42 bits per heavy atom. The Labute approximate surface area is 118 Å². The summed E-state index contributed by atoms with van der Waals surface area (Å²) in [6.45, 7) is 0. The van der Waals surface area contributed by atoms with Crippen molar-refractivity contribution < 1.29 is 14.4 Å². The van der Waals surface area contributed by atoms with Crippen LogP contribution in [0, 0.1) is 10.1 Å². The molecule has 6 heteroatoms. The van der Waals surface area contributed by atoms with E-state index < -0.39 is 4.92 Å². The van der Waals surface area contributed by atoms with Gasteiger partial charge in [0.2, 0.25) is 5.75 Å². The van der Waals surface area contributed by atoms with E-state index in [-0.39, 0.29) is 11.4 Å². The first kappa shape index (κ1) is 13.4. The van der Waals surface area contributed by atoms with Crippen LogP contribution in [0.25, 0.3) is 0 Å². The molecule has 2 rings (SSSR count). The van der Waals surface area contributed by atoms with Crippen LogP contribution >= 0.6 is 15.9 Å². The highest BCUT2D eigenvalue weighted by Gasteiger charge is 2.17. The van der Waals surface area contributed by atoms with E-state index in [2.05, 4.69) is 15.9 Å². The molecule has 5 nitrogen and oxygen atoms in total. The molecule has 0 bridgehead atoms. The van der Waals surface area contributed by atoms with Crippen molar-refractivity contribution in [2.75, 3.05) is 7.11 Å². The highest BCUT2D eigenvalue weighted by Crippen LogP contribution is 2.37. The molecule has 2 aromatic carbocycles. The normalized spacial score (nSPS) is 10.0. The molecule has 19 heavy (non-hydrogen) atoms. The Kier molecular flexibility index (Phi) is 4.01. The number of hydrogen-bond acceptors (Lipinski definition) is 4. The van der Waals surface area contributed by atoms with Gasteiger partial charge in [-0.25, -0.2) is 0 Å². The third kappa shape index (κ3) is 3.03. The first-order valence-corrected chi connectivity index (χ1v) is 6.16. The fraction of sp³-hybridized carbons (Fsp3) is 0.0769. The van der Waals surface area contributed by atoms with Crippen molar-refractivity contribution in [2.45, 2.75) is 0 Å². The summed E-state index contributed by atoms with van der Waals surface area (Å²) in [6, 6.07) is 11.6. The van der Waals surface area contributed by atoms with Crippen molar-refractivity contribution in [3.05, 3.63) is 57.1 Å². The quantitative estimate of drug-likeness (QED) is 0.626. The van der Waals surface area contributed by atoms with Crippen LogP contribution in [-0.4, -0.2) is 12.0 Å². The second-order valence-electron chi connectivity index (χ2n) is 3.62. The van der Waals surface area contributed by atoms with Gasteiger partial charge >= 0.3 is 5.69 Å². The Morgan fingerprint density at radius 2 is 1.79 bits per heavy atom. The maximum Gasteiger partial charge on any atom is 0.312 e. The number of hydrogen-bond donors (Lipinski definition) is 0. The van der Waals surface area contributed by atoms with E-state index in [0.29, 0.717) is 16.0 Å². The molecule has 2 aromatic rings. The smallest absolute Gasteiger partial charge is 0.312 e. The number of methoxy groups -OCH3 is 1. The number of nitro benzene ring substituents is 1. The molecule has 0 aromatic heterocycles. The topological polar surface area (TPSA) is 61.6 Å². The third-order valence-corrected chi connectivity index (χ3v) is 2.90. The minimum absolute atomic E-state index is 0.111.